The largest absolute Gasteiger partial charge is 0.490 e. The van der Waals surface area contributed by atoms with Gasteiger partial charge in [-0.05, 0) is 58.8 Å². The third kappa shape index (κ3) is 6.06. The van der Waals surface area contributed by atoms with Crippen molar-refractivity contribution in [1.82, 2.24) is 0 Å². The molecule has 2 aromatic rings. The molecule has 7 nitrogen and oxygen atoms in total. The minimum atomic E-state index is -0.761. The van der Waals surface area contributed by atoms with Crippen molar-refractivity contribution in [2.45, 2.75) is 6.92 Å². The Morgan fingerprint density at radius 3 is 2.63 bits per heavy atom. The van der Waals surface area contributed by atoms with Gasteiger partial charge in [-0.25, -0.2) is 9.18 Å². The molecule has 1 amide bonds. The van der Waals surface area contributed by atoms with Crippen LogP contribution in [0.1, 0.15) is 12.5 Å². The number of esters is 1. The van der Waals surface area contributed by atoms with Crippen LogP contribution in [-0.4, -0.2) is 32.2 Å². The molecule has 0 saturated carbocycles. The molecule has 0 radical (unpaired) electrons. The number of halogens is 2. The second-order valence-corrected chi connectivity index (χ2v) is 6.59. The van der Waals surface area contributed by atoms with Crippen LogP contribution in [0.25, 0.3) is 6.08 Å². The number of methoxy groups -OCH3 is 1. The maximum absolute atomic E-state index is 13.7. The van der Waals surface area contributed by atoms with Crippen molar-refractivity contribution in [2.75, 3.05) is 25.6 Å². The molecule has 0 aromatic heterocycles. The molecule has 30 heavy (non-hydrogen) atoms. The van der Waals surface area contributed by atoms with Gasteiger partial charge in [-0.2, -0.15) is 5.26 Å². The summed E-state index contributed by atoms with van der Waals surface area (Å²) in [7, 11) is 1.24. The van der Waals surface area contributed by atoms with Crippen molar-refractivity contribution in [2.24, 2.45) is 0 Å². The van der Waals surface area contributed by atoms with Gasteiger partial charge in [0.05, 0.1) is 23.9 Å². The van der Waals surface area contributed by atoms with Crippen molar-refractivity contribution in [3.05, 3.63) is 57.8 Å². The molecule has 0 heterocycles. The van der Waals surface area contributed by atoms with E-state index in [9.17, 15) is 19.2 Å². The molecule has 0 aliphatic heterocycles. The number of hydrogen-bond donors (Lipinski definition) is 1. The summed E-state index contributed by atoms with van der Waals surface area (Å²) in [6.45, 7) is 1.76. The Bertz CT molecular complexity index is 1020. The fourth-order valence-corrected chi connectivity index (χ4v) is 2.91. The summed E-state index contributed by atoms with van der Waals surface area (Å²) < 4.78 is 29.7. The number of nitrogens with one attached hydrogen (secondary N) is 1. The average molecular weight is 477 g/mol. The number of carbonyl (C=O) groups is 2. The SMILES string of the molecule is CCOc1cc(/C=C(/C#N)C(=O)Nc2ccccc2F)cc(Br)c1OCC(=O)OC. The van der Waals surface area contributed by atoms with Gasteiger partial charge < -0.3 is 19.5 Å². The van der Waals surface area contributed by atoms with Crippen LogP contribution in [0.3, 0.4) is 0 Å². The molecule has 0 unspecified atom stereocenters. The number of benzene rings is 2. The number of nitrogens with zero attached hydrogens (tertiary/aromatic N) is 1. The van der Waals surface area contributed by atoms with E-state index in [1.165, 1.54) is 31.4 Å². The molecule has 0 saturated heterocycles. The molecule has 0 bridgehead atoms. The summed E-state index contributed by atoms with van der Waals surface area (Å²) in [4.78, 5) is 23.7. The summed E-state index contributed by atoms with van der Waals surface area (Å²) in [5.41, 5.74) is 0.179. The lowest BCUT2D eigenvalue weighted by Gasteiger charge is -2.14. The van der Waals surface area contributed by atoms with E-state index in [2.05, 4.69) is 26.0 Å². The Balaban J connectivity index is 2.33. The Hall–Kier alpha value is -3.38. The minimum Gasteiger partial charge on any atom is -0.490 e. The van der Waals surface area contributed by atoms with Crippen LogP contribution in [0.2, 0.25) is 0 Å². The van der Waals surface area contributed by atoms with E-state index in [0.29, 0.717) is 22.4 Å². The van der Waals surface area contributed by atoms with Gasteiger partial charge in [0.15, 0.2) is 18.1 Å². The van der Waals surface area contributed by atoms with E-state index in [-0.39, 0.29) is 23.6 Å². The normalized spacial score (nSPS) is 10.7. The summed E-state index contributed by atoms with van der Waals surface area (Å²) >= 11 is 3.33. The maximum Gasteiger partial charge on any atom is 0.343 e. The molecule has 0 atom stereocenters. The van der Waals surface area contributed by atoms with E-state index in [4.69, 9.17) is 9.47 Å². The summed E-state index contributed by atoms with van der Waals surface area (Å²) in [5, 5.41) is 11.7. The van der Waals surface area contributed by atoms with Gasteiger partial charge in [0.2, 0.25) is 0 Å². The number of hydrogen-bond acceptors (Lipinski definition) is 6. The van der Waals surface area contributed by atoms with Gasteiger partial charge in [0, 0.05) is 0 Å². The number of para-hydroxylation sites is 1. The molecule has 2 rings (SSSR count). The van der Waals surface area contributed by atoms with E-state index < -0.39 is 17.7 Å². The molecular formula is C21H18BrFN2O5. The molecule has 2 aromatic carbocycles. The monoisotopic (exact) mass is 476 g/mol. The molecule has 0 aliphatic rings. The molecule has 156 valence electrons. The lowest BCUT2D eigenvalue weighted by Crippen LogP contribution is -2.14. The zero-order valence-electron chi connectivity index (χ0n) is 16.2. The predicted octanol–water partition coefficient (Wildman–Crippen LogP) is 4.08. The van der Waals surface area contributed by atoms with Gasteiger partial charge in [0.1, 0.15) is 17.5 Å². The van der Waals surface area contributed by atoms with Crippen molar-refractivity contribution in [1.29, 1.82) is 5.26 Å². The highest BCUT2D eigenvalue weighted by Gasteiger charge is 2.16. The summed E-state index contributed by atoms with van der Waals surface area (Å²) in [5.74, 6) is -1.37. The number of nitriles is 1. The fraction of sp³-hybridized carbons (Fsp3) is 0.190. The first-order valence-corrected chi connectivity index (χ1v) is 9.52. The number of ether oxygens (including phenoxy) is 3. The Labute approximate surface area is 181 Å². The van der Waals surface area contributed by atoms with E-state index >= 15 is 0 Å². The highest BCUT2D eigenvalue weighted by atomic mass is 79.9. The molecular weight excluding hydrogens is 459 g/mol. The van der Waals surface area contributed by atoms with Crippen LogP contribution in [0, 0.1) is 17.1 Å². The standard InChI is InChI=1S/C21H18BrFN2O5/c1-3-29-18-10-13(9-15(22)20(18)30-12-19(26)28-2)8-14(11-24)21(27)25-17-7-5-4-6-16(17)23/h4-10H,3,12H2,1-2H3,(H,25,27)/b14-8-. The highest BCUT2D eigenvalue weighted by Crippen LogP contribution is 2.37. The van der Waals surface area contributed by atoms with Gasteiger partial charge >= 0.3 is 5.97 Å². The van der Waals surface area contributed by atoms with Crippen LogP contribution in [0.15, 0.2) is 46.4 Å². The van der Waals surface area contributed by atoms with E-state index in [1.807, 2.05) is 0 Å². The summed E-state index contributed by atoms with van der Waals surface area (Å²) in [6.07, 6.45) is 1.33. The van der Waals surface area contributed by atoms with E-state index in [0.717, 1.165) is 0 Å². The Morgan fingerprint density at radius 2 is 2.00 bits per heavy atom. The Kier molecular flexibility index (Phi) is 8.38. The number of rotatable bonds is 8. The minimum absolute atomic E-state index is 0.0357. The van der Waals surface area contributed by atoms with Crippen LogP contribution < -0.4 is 14.8 Å². The number of amides is 1. The lowest BCUT2D eigenvalue weighted by atomic mass is 10.1. The third-order valence-corrected chi connectivity index (χ3v) is 4.28. The lowest BCUT2D eigenvalue weighted by molar-refractivity contribution is -0.142. The fourth-order valence-electron chi connectivity index (χ4n) is 2.33. The molecule has 0 spiro atoms. The molecule has 0 aliphatic carbocycles. The van der Waals surface area contributed by atoms with Crippen LogP contribution >= 0.6 is 15.9 Å². The van der Waals surface area contributed by atoms with Crippen LogP contribution in [0.4, 0.5) is 10.1 Å². The van der Waals surface area contributed by atoms with Crippen molar-refractivity contribution < 1.29 is 28.2 Å². The quantitative estimate of drug-likeness (QED) is 0.350. The second kappa shape index (κ2) is 11.0. The second-order valence-electron chi connectivity index (χ2n) is 5.73. The summed E-state index contributed by atoms with van der Waals surface area (Å²) in [6, 6.07) is 10.6. The Morgan fingerprint density at radius 1 is 1.27 bits per heavy atom. The average Bonchev–Trinajstić information content (AvgIpc) is 2.72. The first kappa shape index (κ1) is 22.9. The zero-order chi connectivity index (χ0) is 22.1. The molecule has 0 fully saturated rings. The van der Waals surface area contributed by atoms with Gasteiger partial charge in [-0.15, -0.1) is 0 Å². The number of carbonyl (C=O) groups excluding carboxylic acids is 2. The highest BCUT2D eigenvalue weighted by molar-refractivity contribution is 9.10. The first-order valence-electron chi connectivity index (χ1n) is 8.73. The van der Waals surface area contributed by atoms with E-state index in [1.54, 1.807) is 31.2 Å². The zero-order valence-corrected chi connectivity index (χ0v) is 17.8. The van der Waals surface area contributed by atoms with Crippen molar-refractivity contribution in [3.63, 3.8) is 0 Å². The van der Waals surface area contributed by atoms with Gasteiger partial charge in [0.25, 0.3) is 5.91 Å². The first-order chi connectivity index (χ1) is 14.4. The van der Waals surface area contributed by atoms with Gasteiger partial charge in [-0.1, -0.05) is 12.1 Å². The van der Waals surface area contributed by atoms with Crippen molar-refractivity contribution in [3.8, 4) is 17.6 Å². The van der Waals surface area contributed by atoms with Crippen molar-refractivity contribution >= 4 is 39.6 Å². The smallest absolute Gasteiger partial charge is 0.343 e. The van der Waals surface area contributed by atoms with Crippen LogP contribution in [0.5, 0.6) is 11.5 Å². The predicted molar refractivity (Wildman–Crippen MR) is 111 cm³/mol. The number of anilines is 1. The van der Waals surface area contributed by atoms with Crippen LogP contribution in [-0.2, 0) is 14.3 Å². The maximum atomic E-state index is 13.7. The van der Waals surface area contributed by atoms with Gasteiger partial charge in [-0.3, -0.25) is 4.79 Å². The third-order valence-electron chi connectivity index (χ3n) is 3.69. The molecule has 9 heteroatoms. The topological polar surface area (TPSA) is 97.6 Å². The molecule has 1 N–H and O–H groups in total.